The normalized spacial score (nSPS) is 20.5. The average molecular weight is 315 g/mol. The molecule has 1 aromatic rings. The standard InChI is InChI=1S/C10H11BrN4O3/c11-7-6(1-12-13-8(7)16)14-2-10(3-14)4-15(5-10)9(17)18/h1H,2-5H2,(H,13,16)(H,17,18). The van der Waals surface area contributed by atoms with Crippen LogP contribution < -0.4 is 10.5 Å². The van der Waals surface area contributed by atoms with E-state index in [4.69, 9.17) is 5.11 Å². The number of H-pyrrole nitrogens is 1. The van der Waals surface area contributed by atoms with Crippen LogP contribution >= 0.6 is 15.9 Å². The molecule has 7 nitrogen and oxygen atoms in total. The van der Waals surface area contributed by atoms with Gasteiger partial charge in [0.05, 0.1) is 11.9 Å². The molecule has 0 bridgehead atoms. The summed E-state index contributed by atoms with van der Waals surface area (Å²) in [5.41, 5.74) is 0.577. The number of amides is 1. The molecule has 18 heavy (non-hydrogen) atoms. The summed E-state index contributed by atoms with van der Waals surface area (Å²) in [6.07, 6.45) is 0.740. The van der Waals surface area contributed by atoms with Crippen LogP contribution in [0.15, 0.2) is 15.5 Å². The minimum Gasteiger partial charge on any atom is -0.465 e. The Hall–Kier alpha value is -1.57. The van der Waals surface area contributed by atoms with Crippen LogP contribution in [0.4, 0.5) is 10.5 Å². The Kier molecular flexibility index (Phi) is 2.37. The van der Waals surface area contributed by atoms with E-state index >= 15 is 0 Å². The molecule has 2 aliphatic heterocycles. The molecule has 0 aromatic carbocycles. The lowest BCUT2D eigenvalue weighted by atomic mass is 9.73. The molecule has 2 aliphatic rings. The fourth-order valence-electron chi connectivity index (χ4n) is 2.63. The van der Waals surface area contributed by atoms with Crippen molar-refractivity contribution in [3.8, 4) is 0 Å². The topological polar surface area (TPSA) is 89.5 Å². The Morgan fingerprint density at radius 1 is 1.44 bits per heavy atom. The molecule has 1 spiro atoms. The lowest BCUT2D eigenvalue weighted by Crippen LogP contribution is -2.73. The third-order valence-electron chi connectivity index (χ3n) is 3.49. The number of anilines is 1. The van der Waals surface area contributed by atoms with Crippen LogP contribution in [-0.2, 0) is 0 Å². The number of rotatable bonds is 1. The van der Waals surface area contributed by atoms with E-state index in [0.717, 1.165) is 18.8 Å². The molecule has 8 heteroatoms. The van der Waals surface area contributed by atoms with E-state index in [0.29, 0.717) is 17.6 Å². The maximum atomic E-state index is 11.4. The minimum absolute atomic E-state index is 0.0699. The van der Waals surface area contributed by atoms with Crippen LogP contribution in [0.3, 0.4) is 0 Å². The van der Waals surface area contributed by atoms with E-state index in [9.17, 15) is 9.59 Å². The number of nitrogens with one attached hydrogen (secondary N) is 1. The van der Waals surface area contributed by atoms with Gasteiger partial charge in [0.25, 0.3) is 5.56 Å². The largest absolute Gasteiger partial charge is 0.465 e. The fraction of sp³-hybridized carbons (Fsp3) is 0.500. The van der Waals surface area contributed by atoms with Crippen LogP contribution in [0.2, 0.25) is 0 Å². The van der Waals surface area contributed by atoms with Gasteiger partial charge in [-0.25, -0.2) is 9.89 Å². The molecule has 0 atom stereocenters. The SMILES string of the molecule is O=C(O)N1CC2(C1)CN(c1cn[nH]c(=O)c1Br)C2. The van der Waals surface area contributed by atoms with Crippen LogP contribution in [0, 0.1) is 5.41 Å². The second-order valence-corrected chi connectivity index (χ2v) is 5.69. The van der Waals surface area contributed by atoms with Gasteiger partial charge in [-0.15, -0.1) is 0 Å². The number of carboxylic acid groups (broad SMARTS) is 1. The molecule has 2 N–H and O–H groups in total. The number of hydrogen-bond acceptors (Lipinski definition) is 4. The highest BCUT2D eigenvalue weighted by Crippen LogP contribution is 2.42. The van der Waals surface area contributed by atoms with Crippen molar-refractivity contribution in [3.05, 3.63) is 21.0 Å². The van der Waals surface area contributed by atoms with Crippen molar-refractivity contribution in [1.29, 1.82) is 0 Å². The van der Waals surface area contributed by atoms with Gasteiger partial charge in [-0.05, 0) is 15.9 Å². The lowest BCUT2D eigenvalue weighted by molar-refractivity contribution is -0.00951. The highest BCUT2D eigenvalue weighted by molar-refractivity contribution is 9.10. The van der Waals surface area contributed by atoms with Gasteiger partial charge < -0.3 is 14.9 Å². The Morgan fingerprint density at radius 3 is 2.72 bits per heavy atom. The van der Waals surface area contributed by atoms with Crippen LogP contribution in [0.1, 0.15) is 0 Å². The molecule has 2 fully saturated rings. The van der Waals surface area contributed by atoms with Crippen LogP contribution in [0.25, 0.3) is 0 Å². The van der Waals surface area contributed by atoms with E-state index in [-0.39, 0.29) is 11.0 Å². The van der Waals surface area contributed by atoms with Crippen LogP contribution in [0.5, 0.6) is 0 Å². The predicted molar refractivity (Wildman–Crippen MR) is 66.8 cm³/mol. The Balaban J connectivity index is 1.68. The van der Waals surface area contributed by atoms with Crippen molar-refractivity contribution < 1.29 is 9.90 Å². The van der Waals surface area contributed by atoms with Gasteiger partial charge >= 0.3 is 6.09 Å². The van der Waals surface area contributed by atoms with E-state index in [1.807, 2.05) is 4.90 Å². The second-order valence-electron chi connectivity index (χ2n) is 4.89. The zero-order valence-corrected chi connectivity index (χ0v) is 11.0. The van der Waals surface area contributed by atoms with E-state index in [2.05, 4.69) is 26.1 Å². The highest BCUT2D eigenvalue weighted by atomic mass is 79.9. The molecule has 96 valence electrons. The van der Waals surface area contributed by atoms with Crippen molar-refractivity contribution in [2.75, 3.05) is 31.1 Å². The fourth-order valence-corrected chi connectivity index (χ4v) is 3.07. The molecule has 1 amide bonds. The molecular weight excluding hydrogens is 304 g/mol. The number of aromatic amines is 1. The number of likely N-dealkylation sites (tertiary alicyclic amines) is 1. The van der Waals surface area contributed by atoms with E-state index in [1.165, 1.54) is 4.90 Å². The zero-order valence-electron chi connectivity index (χ0n) is 9.39. The van der Waals surface area contributed by atoms with Gasteiger partial charge in [0.1, 0.15) is 4.47 Å². The first-order valence-corrected chi connectivity index (χ1v) is 6.26. The van der Waals surface area contributed by atoms with E-state index in [1.54, 1.807) is 6.20 Å². The molecular formula is C10H11BrN4O3. The van der Waals surface area contributed by atoms with Crippen molar-refractivity contribution in [1.82, 2.24) is 15.1 Å². The molecule has 0 aliphatic carbocycles. The first kappa shape index (κ1) is 11.5. The third kappa shape index (κ3) is 1.59. The van der Waals surface area contributed by atoms with Crippen LogP contribution in [-0.4, -0.2) is 52.5 Å². The number of aromatic nitrogens is 2. The summed E-state index contributed by atoms with van der Waals surface area (Å²) in [5.74, 6) is 0. The molecule has 3 rings (SSSR count). The Labute approximate surface area is 111 Å². The monoisotopic (exact) mass is 314 g/mol. The number of carbonyl (C=O) groups is 1. The Morgan fingerprint density at radius 2 is 2.11 bits per heavy atom. The van der Waals surface area contributed by atoms with Gasteiger partial charge in [-0.2, -0.15) is 5.10 Å². The molecule has 1 aromatic heterocycles. The molecule has 0 unspecified atom stereocenters. The van der Waals surface area contributed by atoms with Crippen molar-refractivity contribution in [2.24, 2.45) is 5.41 Å². The highest BCUT2D eigenvalue weighted by Gasteiger charge is 2.53. The molecule has 0 saturated carbocycles. The number of halogens is 1. The zero-order chi connectivity index (χ0) is 12.9. The summed E-state index contributed by atoms with van der Waals surface area (Å²) in [6, 6.07) is 0. The third-order valence-corrected chi connectivity index (χ3v) is 4.26. The summed E-state index contributed by atoms with van der Waals surface area (Å²) in [6.45, 7) is 2.68. The summed E-state index contributed by atoms with van der Waals surface area (Å²) >= 11 is 3.24. The minimum atomic E-state index is -0.863. The first-order chi connectivity index (χ1) is 8.51. The lowest BCUT2D eigenvalue weighted by Gasteiger charge is -2.60. The van der Waals surface area contributed by atoms with Gasteiger partial charge in [0, 0.05) is 31.6 Å². The maximum absolute atomic E-state index is 11.4. The van der Waals surface area contributed by atoms with Gasteiger partial charge in [0.15, 0.2) is 0 Å². The number of nitrogens with zero attached hydrogens (tertiary/aromatic N) is 3. The summed E-state index contributed by atoms with van der Waals surface area (Å²) in [4.78, 5) is 25.5. The Bertz CT molecular complexity index is 558. The summed E-state index contributed by atoms with van der Waals surface area (Å²) < 4.78 is 0.474. The van der Waals surface area contributed by atoms with E-state index < -0.39 is 6.09 Å². The van der Waals surface area contributed by atoms with Crippen molar-refractivity contribution in [3.63, 3.8) is 0 Å². The molecule has 2 saturated heterocycles. The quantitative estimate of drug-likeness (QED) is 0.780. The molecule has 0 radical (unpaired) electrons. The maximum Gasteiger partial charge on any atom is 0.407 e. The van der Waals surface area contributed by atoms with Gasteiger partial charge in [-0.1, -0.05) is 0 Å². The average Bonchev–Trinajstić information content (AvgIpc) is 2.19. The van der Waals surface area contributed by atoms with Gasteiger partial charge in [0.2, 0.25) is 0 Å². The number of hydrogen-bond donors (Lipinski definition) is 2. The molecule has 3 heterocycles. The second kappa shape index (κ2) is 3.71. The van der Waals surface area contributed by atoms with Crippen molar-refractivity contribution >= 4 is 27.7 Å². The van der Waals surface area contributed by atoms with Crippen molar-refractivity contribution in [2.45, 2.75) is 0 Å². The summed E-state index contributed by atoms with van der Waals surface area (Å²) in [5, 5.41) is 14.9. The smallest absolute Gasteiger partial charge is 0.407 e. The van der Waals surface area contributed by atoms with Gasteiger partial charge in [-0.3, -0.25) is 4.79 Å². The predicted octanol–water partition coefficient (Wildman–Crippen LogP) is 0.332. The first-order valence-electron chi connectivity index (χ1n) is 5.47. The summed E-state index contributed by atoms with van der Waals surface area (Å²) in [7, 11) is 0.